The van der Waals surface area contributed by atoms with Crippen LogP contribution in [0.25, 0.3) is 0 Å². The van der Waals surface area contributed by atoms with Gasteiger partial charge in [0, 0.05) is 11.6 Å². The molecule has 0 amide bonds. The monoisotopic (exact) mass is 443 g/mol. The molecule has 0 unspecified atom stereocenters. The third kappa shape index (κ3) is 5.34. The molecule has 0 radical (unpaired) electrons. The van der Waals surface area contributed by atoms with E-state index >= 15 is 0 Å². The highest BCUT2D eigenvalue weighted by Gasteiger charge is 2.31. The fourth-order valence-electron chi connectivity index (χ4n) is 3.32. The summed E-state index contributed by atoms with van der Waals surface area (Å²) < 4.78 is 66.2. The van der Waals surface area contributed by atoms with E-state index in [2.05, 4.69) is 6.08 Å². The summed E-state index contributed by atoms with van der Waals surface area (Å²) in [7, 11) is -4.03. The molecule has 2 aromatic carbocycles. The van der Waals surface area contributed by atoms with Crippen molar-refractivity contribution in [3.8, 4) is 0 Å². The molecule has 29 heavy (non-hydrogen) atoms. The highest BCUT2D eigenvalue weighted by molar-refractivity contribution is 7.92. The maximum Gasteiger partial charge on any atom is 0.416 e. The normalized spacial score (nSPS) is 15.1. The first-order chi connectivity index (χ1) is 13.7. The number of benzene rings is 2. The molecule has 0 fully saturated rings. The lowest BCUT2D eigenvalue weighted by molar-refractivity contribution is -0.137. The smallest absolute Gasteiger partial charge is 0.266 e. The molecular weight excluding hydrogens is 423 g/mol. The number of halogens is 4. The minimum atomic E-state index is -4.52. The van der Waals surface area contributed by atoms with Crippen LogP contribution in [-0.4, -0.2) is 15.0 Å². The van der Waals surface area contributed by atoms with Gasteiger partial charge < -0.3 is 0 Å². The quantitative estimate of drug-likeness (QED) is 0.481. The maximum atomic E-state index is 13.2. The van der Waals surface area contributed by atoms with Gasteiger partial charge in [-0.15, -0.1) is 0 Å². The lowest BCUT2D eigenvalue weighted by atomic mass is 9.97. The number of hydrogen-bond donors (Lipinski definition) is 0. The third-order valence-corrected chi connectivity index (χ3v) is 7.00. The Labute approximate surface area is 173 Å². The molecule has 8 heteroatoms. The first-order valence-corrected chi connectivity index (χ1v) is 11.1. The first-order valence-electron chi connectivity index (χ1n) is 9.31. The van der Waals surface area contributed by atoms with Crippen LogP contribution in [0.15, 0.2) is 65.1 Å². The summed E-state index contributed by atoms with van der Waals surface area (Å²) in [6.07, 6.45) is 2.34. The summed E-state index contributed by atoms with van der Waals surface area (Å²) in [5.41, 5.74) is 0.741. The number of alkyl halides is 3. The van der Waals surface area contributed by atoms with E-state index in [1.807, 2.05) is 0 Å². The summed E-state index contributed by atoms with van der Waals surface area (Å²) >= 11 is 5.92. The summed E-state index contributed by atoms with van der Waals surface area (Å²) in [5, 5.41) is 0.468. The number of anilines is 1. The minimum Gasteiger partial charge on any atom is -0.266 e. The Morgan fingerprint density at radius 2 is 1.62 bits per heavy atom. The Hall–Kier alpha value is -1.99. The Morgan fingerprint density at radius 3 is 2.17 bits per heavy atom. The SMILES string of the molecule is O=S(=O)(c1ccc(C(F)(F)F)cc1)N(CCC1=CCCCC1)c1ccc(Cl)cc1. The molecule has 2 aromatic rings. The predicted octanol–water partition coefficient (Wildman–Crippen LogP) is 6.44. The van der Waals surface area contributed by atoms with Crippen molar-refractivity contribution < 1.29 is 21.6 Å². The molecule has 1 aliphatic carbocycles. The van der Waals surface area contributed by atoms with Crippen LogP contribution in [0.3, 0.4) is 0 Å². The molecular formula is C21H21ClF3NO2S. The Kier molecular flexibility index (Phi) is 6.58. The molecule has 0 bridgehead atoms. The van der Waals surface area contributed by atoms with Gasteiger partial charge >= 0.3 is 6.18 Å². The molecule has 0 N–H and O–H groups in total. The van der Waals surface area contributed by atoms with E-state index in [9.17, 15) is 21.6 Å². The molecule has 1 aliphatic rings. The van der Waals surface area contributed by atoms with Crippen molar-refractivity contribution in [3.05, 3.63) is 70.8 Å². The fourth-order valence-corrected chi connectivity index (χ4v) is 4.91. The Balaban J connectivity index is 1.92. The van der Waals surface area contributed by atoms with Gasteiger partial charge in [-0.05, 0) is 80.6 Å². The molecule has 3 rings (SSSR count). The lowest BCUT2D eigenvalue weighted by Crippen LogP contribution is -2.32. The van der Waals surface area contributed by atoms with Gasteiger partial charge in [0.25, 0.3) is 10.0 Å². The molecule has 0 heterocycles. The minimum absolute atomic E-state index is 0.182. The van der Waals surface area contributed by atoms with E-state index in [1.165, 1.54) is 9.88 Å². The number of rotatable bonds is 6. The molecule has 0 saturated carbocycles. The second kappa shape index (κ2) is 8.79. The highest BCUT2D eigenvalue weighted by atomic mass is 35.5. The molecule has 156 valence electrons. The first kappa shape index (κ1) is 21.7. The van der Waals surface area contributed by atoms with Crippen molar-refractivity contribution in [2.24, 2.45) is 0 Å². The molecule has 0 atom stereocenters. The summed E-state index contributed by atoms with van der Waals surface area (Å²) in [6, 6.07) is 9.95. The van der Waals surface area contributed by atoms with E-state index in [0.717, 1.165) is 49.9 Å². The Bertz CT molecular complexity index is 968. The van der Waals surface area contributed by atoms with Crippen molar-refractivity contribution in [1.82, 2.24) is 0 Å². The average Bonchev–Trinajstić information content (AvgIpc) is 2.69. The number of sulfonamides is 1. The number of allylic oxidation sites excluding steroid dienone is 1. The fraction of sp³-hybridized carbons (Fsp3) is 0.333. The van der Waals surface area contributed by atoms with E-state index in [0.29, 0.717) is 17.1 Å². The molecule has 0 spiro atoms. The molecule has 0 aliphatic heterocycles. The van der Waals surface area contributed by atoms with Crippen LogP contribution in [-0.2, 0) is 16.2 Å². The average molecular weight is 444 g/mol. The zero-order valence-electron chi connectivity index (χ0n) is 15.6. The highest BCUT2D eigenvalue weighted by Crippen LogP contribution is 2.32. The van der Waals surface area contributed by atoms with Crippen molar-refractivity contribution in [2.45, 2.75) is 43.2 Å². The van der Waals surface area contributed by atoms with Crippen molar-refractivity contribution in [3.63, 3.8) is 0 Å². The van der Waals surface area contributed by atoms with E-state index < -0.39 is 21.8 Å². The van der Waals surface area contributed by atoms with E-state index in [4.69, 9.17) is 11.6 Å². The van der Waals surface area contributed by atoms with Crippen molar-refractivity contribution in [2.75, 3.05) is 10.8 Å². The maximum absolute atomic E-state index is 13.2. The van der Waals surface area contributed by atoms with Crippen molar-refractivity contribution >= 4 is 27.3 Å². The van der Waals surface area contributed by atoms with Crippen LogP contribution < -0.4 is 4.31 Å². The van der Waals surface area contributed by atoms with Gasteiger partial charge in [0.1, 0.15) is 0 Å². The zero-order chi connectivity index (χ0) is 21.1. The molecule has 0 saturated heterocycles. The lowest BCUT2D eigenvalue weighted by Gasteiger charge is -2.26. The van der Waals surface area contributed by atoms with Gasteiger partial charge in [-0.3, -0.25) is 4.31 Å². The molecule has 3 nitrogen and oxygen atoms in total. The van der Waals surface area contributed by atoms with Gasteiger partial charge in [-0.25, -0.2) is 8.42 Å². The van der Waals surface area contributed by atoms with Crippen LogP contribution in [0.2, 0.25) is 5.02 Å². The topological polar surface area (TPSA) is 37.4 Å². The van der Waals surface area contributed by atoms with E-state index in [-0.39, 0.29) is 11.4 Å². The van der Waals surface area contributed by atoms with Gasteiger partial charge in [0.15, 0.2) is 0 Å². The van der Waals surface area contributed by atoms with Crippen LogP contribution in [0.5, 0.6) is 0 Å². The predicted molar refractivity (Wildman–Crippen MR) is 109 cm³/mol. The second-order valence-electron chi connectivity index (χ2n) is 6.93. The Morgan fingerprint density at radius 1 is 0.966 bits per heavy atom. The van der Waals surface area contributed by atoms with Crippen LogP contribution in [0.4, 0.5) is 18.9 Å². The molecule has 0 aromatic heterocycles. The summed E-state index contributed by atoms with van der Waals surface area (Å²) in [5.74, 6) is 0. The van der Waals surface area contributed by atoms with Crippen LogP contribution in [0.1, 0.15) is 37.7 Å². The van der Waals surface area contributed by atoms with Crippen molar-refractivity contribution in [1.29, 1.82) is 0 Å². The third-order valence-electron chi connectivity index (χ3n) is 4.91. The van der Waals surface area contributed by atoms with E-state index in [1.54, 1.807) is 24.3 Å². The zero-order valence-corrected chi connectivity index (χ0v) is 17.2. The van der Waals surface area contributed by atoms with Crippen LogP contribution in [0, 0.1) is 0 Å². The summed E-state index contributed by atoms with van der Waals surface area (Å²) in [4.78, 5) is -0.182. The number of hydrogen-bond acceptors (Lipinski definition) is 2. The van der Waals surface area contributed by atoms with Crippen LogP contribution >= 0.6 is 11.6 Å². The second-order valence-corrected chi connectivity index (χ2v) is 9.23. The number of nitrogens with zero attached hydrogens (tertiary/aromatic N) is 1. The standard InChI is InChI=1S/C21H21ClF3NO2S/c22-18-8-10-19(11-9-18)26(15-14-16-4-2-1-3-5-16)29(27,28)20-12-6-17(7-13-20)21(23,24)25/h4,6-13H,1-3,5,14-15H2. The van der Waals surface area contributed by atoms with Gasteiger partial charge in [0.05, 0.1) is 16.1 Å². The summed E-state index contributed by atoms with van der Waals surface area (Å²) in [6.45, 7) is 0.205. The van der Waals surface area contributed by atoms with Gasteiger partial charge in [-0.2, -0.15) is 13.2 Å². The largest absolute Gasteiger partial charge is 0.416 e. The van der Waals surface area contributed by atoms with Gasteiger partial charge in [-0.1, -0.05) is 23.3 Å². The van der Waals surface area contributed by atoms with Gasteiger partial charge in [0.2, 0.25) is 0 Å².